The quantitative estimate of drug-likeness (QED) is 0.734. The van der Waals surface area contributed by atoms with Gasteiger partial charge in [-0.2, -0.15) is 0 Å². The Morgan fingerprint density at radius 1 is 1.33 bits per heavy atom. The third-order valence-corrected chi connectivity index (χ3v) is 4.18. The maximum atomic E-state index is 12.2. The highest BCUT2D eigenvalue weighted by molar-refractivity contribution is 5.82. The normalized spacial score (nSPS) is 19.4. The van der Waals surface area contributed by atoms with Gasteiger partial charge in [0.1, 0.15) is 0 Å². The molecular weight excluding hydrogens is 230 g/mol. The van der Waals surface area contributed by atoms with Crippen LogP contribution in [0.2, 0.25) is 0 Å². The van der Waals surface area contributed by atoms with E-state index in [4.69, 9.17) is 5.11 Å². The molecule has 0 bridgehead atoms. The molecular formula is C14H25NO3. The number of hydrogen-bond acceptors (Lipinski definition) is 2. The van der Waals surface area contributed by atoms with Crippen molar-refractivity contribution >= 4 is 11.9 Å². The molecule has 1 unspecified atom stereocenters. The van der Waals surface area contributed by atoms with Gasteiger partial charge in [-0.3, -0.25) is 9.59 Å². The van der Waals surface area contributed by atoms with Crippen LogP contribution in [0.3, 0.4) is 0 Å². The second kappa shape index (κ2) is 6.76. The van der Waals surface area contributed by atoms with Crippen molar-refractivity contribution in [2.75, 3.05) is 6.54 Å². The molecule has 1 fully saturated rings. The van der Waals surface area contributed by atoms with Crippen LogP contribution in [-0.4, -0.2) is 23.5 Å². The first-order valence-electron chi connectivity index (χ1n) is 7.00. The lowest BCUT2D eigenvalue weighted by Gasteiger charge is -2.26. The molecule has 1 aliphatic rings. The second-order valence-corrected chi connectivity index (χ2v) is 5.59. The molecule has 1 saturated carbocycles. The van der Waals surface area contributed by atoms with Crippen molar-refractivity contribution in [3.8, 4) is 0 Å². The molecule has 4 nitrogen and oxygen atoms in total. The SMILES string of the molecule is CCC1(C(=O)NCC(C)CCC(=O)O)CCCC1. The van der Waals surface area contributed by atoms with Gasteiger partial charge in [-0.15, -0.1) is 0 Å². The second-order valence-electron chi connectivity index (χ2n) is 5.59. The number of carbonyl (C=O) groups is 2. The van der Waals surface area contributed by atoms with Crippen molar-refractivity contribution in [1.82, 2.24) is 5.32 Å². The van der Waals surface area contributed by atoms with Gasteiger partial charge in [0.15, 0.2) is 0 Å². The molecule has 1 atom stereocenters. The van der Waals surface area contributed by atoms with Gasteiger partial charge in [0.25, 0.3) is 0 Å². The van der Waals surface area contributed by atoms with Gasteiger partial charge >= 0.3 is 5.97 Å². The fourth-order valence-electron chi connectivity index (χ4n) is 2.72. The Morgan fingerprint density at radius 3 is 2.44 bits per heavy atom. The fraction of sp³-hybridized carbons (Fsp3) is 0.857. The Hall–Kier alpha value is -1.06. The molecule has 0 heterocycles. The van der Waals surface area contributed by atoms with Gasteiger partial charge in [0.05, 0.1) is 0 Å². The predicted molar refractivity (Wildman–Crippen MR) is 70.2 cm³/mol. The summed E-state index contributed by atoms with van der Waals surface area (Å²) in [4.78, 5) is 22.7. The molecule has 0 radical (unpaired) electrons. The summed E-state index contributed by atoms with van der Waals surface area (Å²) in [5.41, 5.74) is -0.146. The molecule has 0 aromatic rings. The zero-order chi connectivity index (χ0) is 13.6. The number of aliphatic carboxylic acids is 1. The highest BCUT2D eigenvalue weighted by Crippen LogP contribution is 2.41. The number of hydrogen-bond donors (Lipinski definition) is 2. The van der Waals surface area contributed by atoms with Crippen LogP contribution >= 0.6 is 0 Å². The average molecular weight is 255 g/mol. The molecule has 18 heavy (non-hydrogen) atoms. The number of carboxylic acids is 1. The summed E-state index contributed by atoms with van der Waals surface area (Å²) in [7, 11) is 0. The van der Waals surface area contributed by atoms with Crippen LogP contribution in [0.15, 0.2) is 0 Å². The molecule has 0 spiro atoms. The minimum absolute atomic E-state index is 0.146. The fourth-order valence-corrected chi connectivity index (χ4v) is 2.72. The average Bonchev–Trinajstić information content (AvgIpc) is 2.83. The first-order chi connectivity index (χ1) is 8.50. The number of carbonyl (C=O) groups excluding carboxylic acids is 1. The Bertz CT molecular complexity index is 295. The van der Waals surface area contributed by atoms with Gasteiger partial charge in [-0.05, 0) is 31.6 Å². The van der Waals surface area contributed by atoms with E-state index in [1.165, 1.54) is 0 Å². The van der Waals surface area contributed by atoms with Crippen LogP contribution in [0.25, 0.3) is 0 Å². The monoisotopic (exact) mass is 255 g/mol. The summed E-state index contributed by atoms with van der Waals surface area (Å²) in [6.45, 7) is 4.66. The summed E-state index contributed by atoms with van der Waals surface area (Å²) in [6, 6.07) is 0. The molecule has 0 aromatic carbocycles. The smallest absolute Gasteiger partial charge is 0.303 e. The first-order valence-corrected chi connectivity index (χ1v) is 7.00. The van der Waals surface area contributed by atoms with E-state index in [2.05, 4.69) is 12.2 Å². The Kier molecular flexibility index (Phi) is 5.63. The Morgan fingerprint density at radius 2 is 1.94 bits per heavy atom. The minimum atomic E-state index is -0.769. The third kappa shape index (κ3) is 4.00. The van der Waals surface area contributed by atoms with Gasteiger partial charge in [0.2, 0.25) is 5.91 Å². The number of rotatable bonds is 7. The first kappa shape index (κ1) is 15.0. The van der Waals surface area contributed by atoms with Crippen LogP contribution in [0.1, 0.15) is 58.8 Å². The number of nitrogens with one attached hydrogen (secondary N) is 1. The largest absolute Gasteiger partial charge is 0.481 e. The van der Waals surface area contributed by atoms with Crippen LogP contribution < -0.4 is 5.32 Å². The summed E-state index contributed by atoms with van der Waals surface area (Å²) in [6.07, 6.45) is 6.00. The number of carboxylic acid groups (broad SMARTS) is 1. The van der Waals surface area contributed by atoms with E-state index in [0.717, 1.165) is 32.1 Å². The van der Waals surface area contributed by atoms with Crippen LogP contribution in [0, 0.1) is 11.3 Å². The summed E-state index contributed by atoms with van der Waals surface area (Å²) in [5, 5.41) is 11.6. The van der Waals surface area contributed by atoms with Crippen molar-refractivity contribution in [2.45, 2.75) is 58.8 Å². The van der Waals surface area contributed by atoms with Gasteiger partial charge in [-0.25, -0.2) is 0 Å². The molecule has 0 aliphatic heterocycles. The zero-order valence-electron chi connectivity index (χ0n) is 11.5. The lowest BCUT2D eigenvalue weighted by molar-refractivity contribution is -0.137. The molecule has 0 saturated heterocycles. The van der Waals surface area contributed by atoms with Crippen molar-refractivity contribution in [3.63, 3.8) is 0 Å². The lowest BCUT2D eigenvalue weighted by atomic mass is 9.82. The van der Waals surface area contributed by atoms with E-state index in [1.54, 1.807) is 0 Å². The lowest BCUT2D eigenvalue weighted by Crippen LogP contribution is -2.40. The molecule has 0 aromatic heterocycles. The van der Waals surface area contributed by atoms with Crippen LogP contribution in [0.4, 0.5) is 0 Å². The zero-order valence-corrected chi connectivity index (χ0v) is 11.5. The van der Waals surface area contributed by atoms with E-state index in [1.807, 2.05) is 6.92 Å². The van der Waals surface area contributed by atoms with Gasteiger partial charge in [-0.1, -0.05) is 26.7 Å². The highest BCUT2D eigenvalue weighted by atomic mass is 16.4. The molecule has 1 amide bonds. The van der Waals surface area contributed by atoms with Crippen LogP contribution in [0.5, 0.6) is 0 Å². The van der Waals surface area contributed by atoms with E-state index in [0.29, 0.717) is 13.0 Å². The standard InChI is InChI=1S/C14H25NO3/c1-3-14(8-4-5-9-14)13(18)15-10-11(2)6-7-12(16)17/h11H,3-10H2,1-2H3,(H,15,18)(H,16,17). The molecule has 1 aliphatic carbocycles. The van der Waals surface area contributed by atoms with Crippen LogP contribution in [-0.2, 0) is 9.59 Å². The molecule has 4 heteroatoms. The van der Waals surface area contributed by atoms with E-state index in [9.17, 15) is 9.59 Å². The highest BCUT2D eigenvalue weighted by Gasteiger charge is 2.39. The van der Waals surface area contributed by atoms with Gasteiger partial charge in [0, 0.05) is 18.4 Å². The minimum Gasteiger partial charge on any atom is -0.481 e. The third-order valence-electron chi connectivity index (χ3n) is 4.18. The van der Waals surface area contributed by atoms with Crippen molar-refractivity contribution in [3.05, 3.63) is 0 Å². The summed E-state index contributed by atoms with van der Waals surface area (Å²) >= 11 is 0. The Labute approximate surface area is 109 Å². The Balaban J connectivity index is 2.33. The summed E-state index contributed by atoms with van der Waals surface area (Å²) in [5.74, 6) is -0.376. The molecule has 2 N–H and O–H groups in total. The van der Waals surface area contributed by atoms with E-state index in [-0.39, 0.29) is 23.7 Å². The maximum absolute atomic E-state index is 12.2. The van der Waals surface area contributed by atoms with E-state index < -0.39 is 5.97 Å². The van der Waals surface area contributed by atoms with Crippen molar-refractivity contribution in [1.29, 1.82) is 0 Å². The molecule has 1 rings (SSSR count). The molecule has 104 valence electrons. The topological polar surface area (TPSA) is 66.4 Å². The number of amides is 1. The van der Waals surface area contributed by atoms with Gasteiger partial charge < -0.3 is 10.4 Å². The predicted octanol–water partition coefficient (Wildman–Crippen LogP) is 2.57. The van der Waals surface area contributed by atoms with Crippen molar-refractivity contribution < 1.29 is 14.7 Å². The van der Waals surface area contributed by atoms with Crippen molar-refractivity contribution in [2.24, 2.45) is 11.3 Å². The van der Waals surface area contributed by atoms with E-state index >= 15 is 0 Å². The maximum Gasteiger partial charge on any atom is 0.303 e. The summed E-state index contributed by atoms with van der Waals surface area (Å²) < 4.78 is 0.